The molecule has 1 fully saturated rings. The van der Waals surface area contributed by atoms with E-state index in [0.29, 0.717) is 6.04 Å². The van der Waals surface area contributed by atoms with Crippen molar-refractivity contribution in [2.24, 2.45) is 17.8 Å². The van der Waals surface area contributed by atoms with Crippen molar-refractivity contribution in [1.29, 1.82) is 0 Å². The molecule has 0 spiro atoms. The first-order valence-electron chi connectivity index (χ1n) is 7.85. The summed E-state index contributed by atoms with van der Waals surface area (Å²) in [6.07, 6.45) is 4.21. The Morgan fingerprint density at radius 3 is 2.39 bits per heavy atom. The van der Waals surface area contributed by atoms with Gasteiger partial charge in [-0.3, -0.25) is 0 Å². The fourth-order valence-electron chi connectivity index (χ4n) is 3.12. The fourth-order valence-corrected chi connectivity index (χ4v) is 3.12. The summed E-state index contributed by atoms with van der Waals surface area (Å²) >= 11 is 0. The van der Waals surface area contributed by atoms with Gasteiger partial charge in [0.05, 0.1) is 0 Å². The van der Waals surface area contributed by atoms with E-state index in [1.807, 2.05) is 0 Å². The maximum absolute atomic E-state index is 3.83. The number of rotatable bonds is 6. The van der Waals surface area contributed by atoms with Crippen molar-refractivity contribution in [3.8, 4) is 0 Å². The topological polar surface area (TPSA) is 15.3 Å². The van der Waals surface area contributed by atoms with Gasteiger partial charge in [0.2, 0.25) is 0 Å². The highest BCUT2D eigenvalue weighted by Crippen LogP contribution is 2.33. The third-order valence-corrected chi connectivity index (χ3v) is 4.77. The number of hydrogen-bond donors (Lipinski definition) is 1. The van der Waals surface area contributed by atoms with Crippen LogP contribution in [-0.4, -0.2) is 37.1 Å². The van der Waals surface area contributed by atoms with E-state index < -0.39 is 0 Å². The molecule has 1 aliphatic rings. The molecule has 1 rings (SSSR count). The lowest BCUT2D eigenvalue weighted by atomic mass is 9.74. The molecule has 1 N–H and O–H groups in total. The molecule has 3 unspecified atom stereocenters. The molecular weight excluding hydrogens is 220 g/mol. The molecule has 1 saturated carbocycles. The predicted octanol–water partition coefficient (Wildman–Crippen LogP) is 3.38. The summed E-state index contributed by atoms with van der Waals surface area (Å²) in [4.78, 5) is 2.42. The molecule has 2 heteroatoms. The molecule has 1 aliphatic carbocycles. The lowest BCUT2D eigenvalue weighted by molar-refractivity contribution is 0.164. The summed E-state index contributed by atoms with van der Waals surface area (Å²) in [6, 6.07) is 1.40. The van der Waals surface area contributed by atoms with Crippen LogP contribution in [0.1, 0.15) is 53.9 Å². The van der Waals surface area contributed by atoms with Crippen molar-refractivity contribution in [3.05, 3.63) is 0 Å². The first kappa shape index (κ1) is 16.0. The lowest BCUT2D eigenvalue weighted by Crippen LogP contribution is -2.45. The average molecular weight is 254 g/mol. The summed E-state index contributed by atoms with van der Waals surface area (Å²) in [6.45, 7) is 14.0. The zero-order valence-corrected chi connectivity index (χ0v) is 13.4. The van der Waals surface area contributed by atoms with Gasteiger partial charge in [-0.25, -0.2) is 0 Å². The second-order valence-electron chi connectivity index (χ2n) is 6.96. The van der Waals surface area contributed by atoms with E-state index in [1.54, 1.807) is 0 Å². The van der Waals surface area contributed by atoms with Crippen molar-refractivity contribution >= 4 is 0 Å². The van der Waals surface area contributed by atoms with Gasteiger partial charge in [-0.2, -0.15) is 0 Å². The van der Waals surface area contributed by atoms with Crippen LogP contribution in [0.4, 0.5) is 0 Å². The van der Waals surface area contributed by atoms with Gasteiger partial charge in [-0.15, -0.1) is 0 Å². The second kappa shape index (κ2) is 7.49. The largest absolute Gasteiger partial charge is 0.312 e. The number of hydrogen-bond acceptors (Lipinski definition) is 2. The SMILES string of the molecule is CC1CCC(C(C)C)C(NCCN(C)C(C)C)C1. The Morgan fingerprint density at radius 1 is 1.17 bits per heavy atom. The van der Waals surface area contributed by atoms with Gasteiger partial charge in [0.1, 0.15) is 0 Å². The van der Waals surface area contributed by atoms with Crippen LogP contribution in [0.5, 0.6) is 0 Å². The Kier molecular flexibility index (Phi) is 6.65. The number of nitrogens with zero attached hydrogens (tertiary/aromatic N) is 1. The predicted molar refractivity (Wildman–Crippen MR) is 80.9 cm³/mol. The normalized spacial score (nSPS) is 29.5. The molecule has 0 bridgehead atoms. The molecule has 0 amide bonds. The molecule has 2 nitrogen and oxygen atoms in total. The van der Waals surface area contributed by atoms with Crippen LogP contribution in [0.25, 0.3) is 0 Å². The van der Waals surface area contributed by atoms with Gasteiger partial charge in [0, 0.05) is 25.2 Å². The fraction of sp³-hybridized carbons (Fsp3) is 1.00. The van der Waals surface area contributed by atoms with E-state index in [9.17, 15) is 0 Å². The molecule has 0 heterocycles. The van der Waals surface area contributed by atoms with Crippen molar-refractivity contribution in [1.82, 2.24) is 10.2 Å². The van der Waals surface area contributed by atoms with E-state index in [4.69, 9.17) is 0 Å². The van der Waals surface area contributed by atoms with Crippen LogP contribution in [-0.2, 0) is 0 Å². The Bertz CT molecular complexity index is 225. The van der Waals surface area contributed by atoms with Gasteiger partial charge in [0.25, 0.3) is 0 Å². The van der Waals surface area contributed by atoms with Crippen LogP contribution in [0, 0.1) is 17.8 Å². The van der Waals surface area contributed by atoms with Gasteiger partial charge in [0.15, 0.2) is 0 Å². The highest BCUT2D eigenvalue weighted by molar-refractivity contribution is 4.85. The van der Waals surface area contributed by atoms with E-state index in [-0.39, 0.29) is 0 Å². The minimum absolute atomic E-state index is 0.651. The third-order valence-electron chi connectivity index (χ3n) is 4.77. The number of likely N-dealkylation sites (N-methyl/N-ethyl adjacent to an activating group) is 1. The monoisotopic (exact) mass is 254 g/mol. The molecule has 0 radical (unpaired) electrons. The lowest BCUT2D eigenvalue weighted by Gasteiger charge is -2.38. The molecule has 18 heavy (non-hydrogen) atoms. The molecule has 0 aromatic carbocycles. The summed E-state index contributed by atoms with van der Waals surface area (Å²) in [5.41, 5.74) is 0. The Balaban J connectivity index is 2.37. The molecule has 0 aliphatic heterocycles. The highest BCUT2D eigenvalue weighted by Gasteiger charge is 2.30. The van der Waals surface area contributed by atoms with E-state index in [0.717, 1.165) is 36.9 Å². The summed E-state index contributed by atoms with van der Waals surface area (Å²) in [7, 11) is 2.22. The third kappa shape index (κ3) is 4.89. The van der Waals surface area contributed by atoms with E-state index in [1.165, 1.54) is 19.3 Å². The van der Waals surface area contributed by atoms with Crippen molar-refractivity contribution in [2.75, 3.05) is 20.1 Å². The average Bonchev–Trinajstić information content (AvgIpc) is 2.28. The van der Waals surface area contributed by atoms with E-state index in [2.05, 4.69) is 51.9 Å². The molecule has 0 saturated heterocycles. The minimum atomic E-state index is 0.651. The Morgan fingerprint density at radius 2 is 1.83 bits per heavy atom. The summed E-state index contributed by atoms with van der Waals surface area (Å²) in [5, 5.41) is 3.83. The summed E-state index contributed by atoms with van der Waals surface area (Å²) < 4.78 is 0. The molecular formula is C16H34N2. The van der Waals surface area contributed by atoms with Gasteiger partial charge >= 0.3 is 0 Å². The zero-order chi connectivity index (χ0) is 13.7. The maximum atomic E-state index is 3.83. The molecule has 108 valence electrons. The standard InChI is InChI=1S/C16H34N2/c1-12(2)15-8-7-14(5)11-16(15)17-9-10-18(6)13(3)4/h12-17H,7-11H2,1-6H3. The van der Waals surface area contributed by atoms with Crippen LogP contribution in [0.2, 0.25) is 0 Å². The second-order valence-corrected chi connectivity index (χ2v) is 6.96. The Hall–Kier alpha value is -0.0800. The molecule has 0 aromatic rings. The van der Waals surface area contributed by atoms with Crippen LogP contribution < -0.4 is 5.32 Å². The Labute approximate surface area is 115 Å². The molecule has 3 atom stereocenters. The minimum Gasteiger partial charge on any atom is -0.312 e. The quantitative estimate of drug-likeness (QED) is 0.782. The van der Waals surface area contributed by atoms with E-state index >= 15 is 0 Å². The van der Waals surface area contributed by atoms with Crippen LogP contribution in [0.3, 0.4) is 0 Å². The van der Waals surface area contributed by atoms with Crippen molar-refractivity contribution in [2.45, 2.75) is 66.0 Å². The zero-order valence-electron chi connectivity index (χ0n) is 13.4. The van der Waals surface area contributed by atoms with Crippen molar-refractivity contribution < 1.29 is 0 Å². The van der Waals surface area contributed by atoms with Crippen LogP contribution in [0.15, 0.2) is 0 Å². The van der Waals surface area contributed by atoms with Crippen molar-refractivity contribution in [3.63, 3.8) is 0 Å². The van der Waals surface area contributed by atoms with Crippen LogP contribution >= 0.6 is 0 Å². The molecule has 0 aromatic heterocycles. The number of nitrogens with one attached hydrogen (secondary N) is 1. The first-order chi connectivity index (χ1) is 8.41. The van der Waals surface area contributed by atoms with Gasteiger partial charge in [-0.1, -0.05) is 27.2 Å². The summed E-state index contributed by atoms with van der Waals surface area (Å²) in [5.74, 6) is 2.60. The first-order valence-corrected chi connectivity index (χ1v) is 7.85. The smallest absolute Gasteiger partial charge is 0.0107 e. The van der Waals surface area contributed by atoms with Gasteiger partial charge in [-0.05, 0) is 51.5 Å². The highest BCUT2D eigenvalue weighted by atomic mass is 15.1. The van der Waals surface area contributed by atoms with Gasteiger partial charge < -0.3 is 10.2 Å². The maximum Gasteiger partial charge on any atom is 0.0107 e.